The second-order valence-electron chi connectivity index (χ2n) is 2.86. The van der Waals surface area contributed by atoms with Gasteiger partial charge >= 0.3 is 5.97 Å². The van der Waals surface area contributed by atoms with E-state index < -0.39 is 17.8 Å². The molecule has 2 amide bonds. The standard InChI is InChI=1S/C8H14N2O5/c1-6(11)15-10-8(13)5-3-2-4-7(12)9-14/h14H,2-5H2,1H3,(H,9,12)(H,10,13). The molecule has 0 unspecified atom stereocenters. The molecule has 0 fully saturated rings. The number of hydroxylamine groups is 2. The lowest BCUT2D eigenvalue weighted by Crippen LogP contribution is -2.25. The highest BCUT2D eigenvalue weighted by Crippen LogP contribution is 1.99. The van der Waals surface area contributed by atoms with Crippen molar-refractivity contribution in [2.75, 3.05) is 0 Å². The molecule has 0 bridgehead atoms. The van der Waals surface area contributed by atoms with Gasteiger partial charge in [0.1, 0.15) is 0 Å². The zero-order chi connectivity index (χ0) is 11.7. The summed E-state index contributed by atoms with van der Waals surface area (Å²) < 4.78 is 0. The molecular formula is C8H14N2O5. The molecule has 3 N–H and O–H groups in total. The molecule has 86 valence electrons. The lowest BCUT2D eigenvalue weighted by molar-refractivity contribution is -0.156. The lowest BCUT2D eigenvalue weighted by Gasteiger charge is -2.02. The summed E-state index contributed by atoms with van der Waals surface area (Å²) in [6.45, 7) is 1.17. The maximum absolute atomic E-state index is 10.9. The summed E-state index contributed by atoms with van der Waals surface area (Å²) in [5.74, 6) is -1.51. The minimum absolute atomic E-state index is 0.150. The quantitative estimate of drug-likeness (QED) is 0.332. The smallest absolute Gasteiger partial charge is 0.329 e. The highest BCUT2D eigenvalue weighted by molar-refractivity contribution is 5.77. The van der Waals surface area contributed by atoms with Gasteiger partial charge in [-0.05, 0) is 12.8 Å². The van der Waals surface area contributed by atoms with Gasteiger partial charge in [0, 0.05) is 19.8 Å². The third kappa shape index (κ3) is 8.69. The maximum Gasteiger partial charge on any atom is 0.329 e. The molecule has 0 aromatic rings. The van der Waals surface area contributed by atoms with E-state index in [4.69, 9.17) is 5.21 Å². The van der Waals surface area contributed by atoms with Crippen molar-refractivity contribution in [2.24, 2.45) is 0 Å². The molecule has 0 aliphatic rings. The molecule has 0 saturated heterocycles. The molecular weight excluding hydrogens is 204 g/mol. The second-order valence-corrected chi connectivity index (χ2v) is 2.86. The summed E-state index contributed by atoms with van der Waals surface area (Å²) in [5, 5.41) is 8.15. The van der Waals surface area contributed by atoms with Crippen LogP contribution in [0.2, 0.25) is 0 Å². The van der Waals surface area contributed by atoms with E-state index >= 15 is 0 Å². The first kappa shape index (κ1) is 13.4. The van der Waals surface area contributed by atoms with Crippen molar-refractivity contribution in [3.63, 3.8) is 0 Å². The molecule has 0 radical (unpaired) electrons. The van der Waals surface area contributed by atoms with Crippen molar-refractivity contribution in [2.45, 2.75) is 32.6 Å². The van der Waals surface area contributed by atoms with Gasteiger partial charge in [-0.1, -0.05) is 0 Å². The molecule has 7 nitrogen and oxygen atoms in total. The van der Waals surface area contributed by atoms with Crippen LogP contribution in [0.4, 0.5) is 0 Å². The van der Waals surface area contributed by atoms with Gasteiger partial charge < -0.3 is 4.84 Å². The molecule has 0 heterocycles. The Labute approximate surface area is 86.7 Å². The van der Waals surface area contributed by atoms with Crippen LogP contribution in [0.1, 0.15) is 32.6 Å². The Hall–Kier alpha value is -1.63. The third-order valence-corrected chi connectivity index (χ3v) is 1.49. The molecule has 0 aromatic heterocycles. The molecule has 15 heavy (non-hydrogen) atoms. The van der Waals surface area contributed by atoms with Crippen LogP contribution in [0.25, 0.3) is 0 Å². The van der Waals surface area contributed by atoms with Gasteiger partial charge in [-0.2, -0.15) is 5.48 Å². The van der Waals surface area contributed by atoms with E-state index in [1.165, 1.54) is 12.4 Å². The van der Waals surface area contributed by atoms with Crippen LogP contribution in [0.15, 0.2) is 0 Å². The third-order valence-electron chi connectivity index (χ3n) is 1.49. The summed E-state index contributed by atoms with van der Waals surface area (Å²) in [6, 6.07) is 0. The fraction of sp³-hybridized carbons (Fsp3) is 0.625. The van der Waals surface area contributed by atoms with E-state index in [1.54, 1.807) is 0 Å². The zero-order valence-corrected chi connectivity index (χ0v) is 8.41. The van der Waals surface area contributed by atoms with E-state index in [1.807, 2.05) is 5.48 Å². The van der Waals surface area contributed by atoms with Crippen LogP contribution >= 0.6 is 0 Å². The summed E-state index contributed by atoms with van der Waals surface area (Å²) in [4.78, 5) is 36.0. The highest BCUT2D eigenvalue weighted by atomic mass is 16.7. The summed E-state index contributed by atoms with van der Waals surface area (Å²) >= 11 is 0. The number of nitrogens with one attached hydrogen (secondary N) is 2. The molecule has 0 spiro atoms. The second kappa shape index (κ2) is 7.74. The largest absolute Gasteiger partial charge is 0.341 e. The Morgan fingerprint density at radius 2 is 1.67 bits per heavy atom. The van der Waals surface area contributed by atoms with Gasteiger partial charge in [0.15, 0.2) is 0 Å². The minimum Gasteiger partial charge on any atom is -0.341 e. The SMILES string of the molecule is CC(=O)ONC(=O)CCCCC(=O)NO. The van der Waals surface area contributed by atoms with E-state index in [2.05, 4.69) is 4.84 Å². The maximum atomic E-state index is 10.9. The van der Waals surface area contributed by atoms with Gasteiger partial charge in [-0.25, -0.2) is 5.48 Å². The normalized spacial score (nSPS) is 9.20. The van der Waals surface area contributed by atoms with Crippen LogP contribution in [0.5, 0.6) is 0 Å². The fourth-order valence-corrected chi connectivity index (χ4v) is 0.807. The highest BCUT2D eigenvalue weighted by Gasteiger charge is 2.04. The Kier molecular flexibility index (Phi) is 6.90. The van der Waals surface area contributed by atoms with E-state index in [9.17, 15) is 14.4 Å². The molecule has 0 aliphatic carbocycles. The Morgan fingerprint density at radius 3 is 2.13 bits per heavy atom. The van der Waals surface area contributed by atoms with Crippen molar-refractivity contribution in [1.29, 1.82) is 0 Å². The first-order valence-electron chi connectivity index (χ1n) is 4.45. The van der Waals surface area contributed by atoms with E-state index in [0.29, 0.717) is 12.8 Å². The molecule has 0 atom stereocenters. The molecule has 0 rings (SSSR count). The van der Waals surface area contributed by atoms with Crippen molar-refractivity contribution in [3.8, 4) is 0 Å². The van der Waals surface area contributed by atoms with Gasteiger partial charge in [0.25, 0.3) is 5.91 Å². The van der Waals surface area contributed by atoms with Crippen LogP contribution in [0, 0.1) is 0 Å². The number of hydrogen-bond acceptors (Lipinski definition) is 5. The zero-order valence-electron chi connectivity index (χ0n) is 8.41. The van der Waals surface area contributed by atoms with Crippen molar-refractivity contribution < 1.29 is 24.4 Å². The van der Waals surface area contributed by atoms with E-state index in [-0.39, 0.29) is 12.8 Å². The minimum atomic E-state index is -0.594. The van der Waals surface area contributed by atoms with Crippen molar-refractivity contribution in [3.05, 3.63) is 0 Å². The van der Waals surface area contributed by atoms with Gasteiger partial charge in [-0.3, -0.25) is 19.6 Å². The number of rotatable bonds is 5. The first-order chi connectivity index (χ1) is 7.06. The Balaban J connectivity index is 3.39. The monoisotopic (exact) mass is 218 g/mol. The predicted molar refractivity (Wildman–Crippen MR) is 48.3 cm³/mol. The van der Waals surface area contributed by atoms with Crippen LogP contribution in [-0.2, 0) is 19.2 Å². The average molecular weight is 218 g/mol. The van der Waals surface area contributed by atoms with Crippen LogP contribution in [0.3, 0.4) is 0 Å². The summed E-state index contributed by atoms with van der Waals surface area (Å²) in [7, 11) is 0. The number of hydrogen-bond donors (Lipinski definition) is 3. The molecule has 7 heteroatoms. The Morgan fingerprint density at radius 1 is 1.13 bits per heavy atom. The van der Waals surface area contributed by atoms with Crippen LogP contribution < -0.4 is 11.0 Å². The van der Waals surface area contributed by atoms with Gasteiger partial charge in [0.2, 0.25) is 5.91 Å². The molecule has 0 saturated carbocycles. The van der Waals surface area contributed by atoms with Crippen molar-refractivity contribution >= 4 is 17.8 Å². The fourth-order valence-electron chi connectivity index (χ4n) is 0.807. The van der Waals surface area contributed by atoms with E-state index in [0.717, 1.165) is 0 Å². The lowest BCUT2D eigenvalue weighted by atomic mass is 10.2. The molecule has 0 aromatic carbocycles. The Bertz CT molecular complexity index is 241. The number of amides is 2. The first-order valence-corrected chi connectivity index (χ1v) is 4.45. The van der Waals surface area contributed by atoms with Crippen LogP contribution in [-0.4, -0.2) is 23.0 Å². The van der Waals surface area contributed by atoms with Gasteiger partial charge in [0.05, 0.1) is 0 Å². The number of unbranched alkanes of at least 4 members (excludes halogenated alkanes) is 1. The number of carbonyl (C=O) groups is 3. The van der Waals surface area contributed by atoms with Gasteiger partial charge in [-0.15, -0.1) is 0 Å². The van der Waals surface area contributed by atoms with Crippen molar-refractivity contribution in [1.82, 2.24) is 11.0 Å². The average Bonchev–Trinajstić information content (AvgIpc) is 2.21. The summed E-state index contributed by atoms with van der Waals surface area (Å²) in [6.07, 6.45) is 1.25. The predicted octanol–water partition coefficient (Wildman–Crippen LogP) is -0.353. The molecule has 0 aliphatic heterocycles. The summed E-state index contributed by atoms with van der Waals surface area (Å²) in [5.41, 5.74) is 3.43. The number of carbonyl (C=O) groups excluding carboxylic acids is 3. The topological polar surface area (TPSA) is 105 Å².